The molecule has 0 radical (unpaired) electrons. The maximum atomic E-state index is 2.69. The number of fused-ring (bicyclic) bond motifs is 8. The predicted molar refractivity (Wildman–Crippen MR) is 382 cm³/mol. The van der Waals surface area contributed by atoms with Crippen LogP contribution in [0.25, 0.3) is 55.6 Å². The highest BCUT2D eigenvalue weighted by molar-refractivity contribution is 7.03. The summed E-state index contributed by atoms with van der Waals surface area (Å²) in [6, 6.07) is 126. The minimum Gasteiger partial charge on any atom is -0.311 e. The monoisotopic (exact) mass is 1140 g/mol. The van der Waals surface area contributed by atoms with E-state index in [9.17, 15) is 0 Å². The molecule has 4 nitrogen and oxygen atoms in total. The number of hydrogen-bond acceptors (Lipinski definition) is 4. The fraction of sp³-hybridized carbons (Fsp3) is 0. The lowest BCUT2D eigenvalue weighted by atomic mass is 9.30. The van der Waals surface area contributed by atoms with Gasteiger partial charge in [-0.05, 0) is 133 Å². The molecule has 0 fully saturated rings. The largest absolute Gasteiger partial charge is 0.311 e. The Morgan fingerprint density at radius 3 is 0.900 bits per heavy atom. The van der Waals surface area contributed by atoms with E-state index in [1.54, 1.807) is 0 Å². The first-order valence-electron chi connectivity index (χ1n) is 31.2. The number of hydrogen-bond donors (Lipinski definition) is 0. The molecule has 6 heteroatoms. The molecule has 0 atom stereocenters. The van der Waals surface area contributed by atoms with E-state index < -0.39 is 0 Å². The molecule has 0 aromatic heterocycles. The van der Waals surface area contributed by atoms with Crippen LogP contribution in [0.4, 0.5) is 68.2 Å². The third-order valence-corrected chi connectivity index (χ3v) is 19.0. The van der Waals surface area contributed by atoms with Gasteiger partial charge in [0, 0.05) is 79.1 Å². The maximum Gasteiger partial charge on any atom is 0.252 e. The zero-order valence-electron chi connectivity index (χ0n) is 49.3. The quantitative estimate of drug-likeness (QED) is 0.134. The Morgan fingerprint density at radius 2 is 0.478 bits per heavy atom. The van der Waals surface area contributed by atoms with Crippen molar-refractivity contribution >= 4 is 114 Å². The van der Waals surface area contributed by atoms with Crippen LogP contribution < -0.4 is 52.4 Å². The molecule has 4 aliphatic rings. The van der Waals surface area contributed by atoms with Gasteiger partial charge in [0.1, 0.15) is 0 Å². The maximum absolute atomic E-state index is 2.69. The summed E-state index contributed by atoms with van der Waals surface area (Å²) in [4.78, 5) is 10.4. The van der Waals surface area contributed by atoms with Crippen molar-refractivity contribution in [3.8, 4) is 55.6 Å². The third-order valence-electron chi connectivity index (χ3n) is 19.0. The summed E-state index contributed by atoms with van der Waals surface area (Å²) in [6.45, 7) is -0.321. The smallest absolute Gasteiger partial charge is 0.252 e. The fourth-order valence-electron chi connectivity index (χ4n) is 15.3. The lowest BCUT2D eigenvalue weighted by Crippen LogP contribution is -2.65. The predicted octanol–water partition coefficient (Wildman–Crippen LogP) is 18.2. The summed E-state index contributed by atoms with van der Waals surface area (Å²) < 4.78 is 0. The van der Waals surface area contributed by atoms with E-state index in [2.05, 4.69) is 359 Å². The van der Waals surface area contributed by atoms with Crippen LogP contribution in [0.2, 0.25) is 0 Å². The molecule has 0 bridgehead atoms. The highest BCUT2D eigenvalue weighted by atomic mass is 15.2. The van der Waals surface area contributed by atoms with Crippen LogP contribution in [-0.4, -0.2) is 13.4 Å². The SMILES string of the molecule is c1ccc(-c2cc3c4c(c2)N(c2c(-c5ccccc5)cccc2-c2ccccc2)c2cc5c(cc2B4c2ccccc2N3c2c(-c3ccccc3)cccc2-c2ccccc2)B2c3ccccc3N(c3ccccc3)c3cccc(c32)N5c2ccccc2)cc1. The molecule has 0 unspecified atom stereocenters. The molecule has 14 aromatic rings. The lowest BCUT2D eigenvalue weighted by Gasteiger charge is -2.48. The second-order valence-corrected chi connectivity index (χ2v) is 23.8. The summed E-state index contributed by atoms with van der Waals surface area (Å²) in [5.74, 6) is 0. The second kappa shape index (κ2) is 21.1. The van der Waals surface area contributed by atoms with E-state index in [0.29, 0.717) is 0 Å². The van der Waals surface area contributed by atoms with Gasteiger partial charge < -0.3 is 19.6 Å². The molecule has 0 N–H and O–H groups in total. The van der Waals surface area contributed by atoms with Crippen molar-refractivity contribution < 1.29 is 0 Å². The first-order valence-corrected chi connectivity index (χ1v) is 31.2. The molecule has 0 amide bonds. The summed E-state index contributed by atoms with van der Waals surface area (Å²) in [5.41, 5.74) is 32.8. The van der Waals surface area contributed by atoms with Crippen molar-refractivity contribution in [1.29, 1.82) is 0 Å². The second-order valence-electron chi connectivity index (χ2n) is 23.8. The van der Waals surface area contributed by atoms with E-state index >= 15 is 0 Å². The van der Waals surface area contributed by atoms with Gasteiger partial charge >= 0.3 is 0 Å². The van der Waals surface area contributed by atoms with Crippen molar-refractivity contribution in [2.45, 2.75) is 0 Å². The van der Waals surface area contributed by atoms with Crippen LogP contribution >= 0.6 is 0 Å². The Labute approximate surface area is 526 Å². The molecule has 4 heterocycles. The highest BCUT2D eigenvalue weighted by Gasteiger charge is 2.49. The molecular weight excluding hydrogens is 1090 g/mol. The zero-order chi connectivity index (χ0) is 59.2. The number of benzene rings is 14. The van der Waals surface area contributed by atoms with Gasteiger partial charge in [-0.15, -0.1) is 0 Å². The van der Waals surface area contributed by atoms with Crippen LogP contribution in [0.3, 0.4) is 0 Å². The first-order chi connectivity index (χ1) is 44.7. The minimum absolute atomic E-state index is 0.111. The van der Waals surface area contributed by atoms with E-state index in [0.717, 1.165) is 107 Å². The third kappa shape index (κ3) is 8.04. The highest BCUT2D eigenvalue weighted by Crippen LogP contribution is 2.55. The van der Waals surface area contributed by atoms with Crippen molar-refractivity contribution in [3.05, 3.63) is 340 Å². The normalized spacial score (nSPS) is 13.0. The minimum atomic E-state index is -0.210. The number of para-hydroxylation sites is 6. The van der Waals surface area contributed by atoms with Crippen LogP contribution in [0.5, 0.6) is 0 Å². The van der Waals surface area contributed by atoms with E-state index in [1.807, 2.05) is 0 Å². The number of nitrogens with zero attached hydrogens (tertiary/aromatic N) is 4. The zero-order valence-corrected chi connectivity index (χ0v) is 49.3. The van der Waals surface area contributed by atoms with Gasteiger partial charge in [0.25, 0.3) is 13.4 Å². The number of rotatable bonds is 9. The van der Waals surface area contributed by atoms with Gasteiger partial charge in [-0.2, -0.15) is 0 Å². The van der Waals surface area contributed by atoms with Gasteiger partial charge in [-0.3, -0.25) is 0 Å². The number of anilines is 12. The molecule has 4 aliphatic heterocycles. The van der Waals surface area contributed by atoms with Gasteiger partial charge in [-0.25, -0.2) is 0 Å². The topological polar surface area (TPSA) is 13.0 Å². The van der Waals surface area contributed by atoms with Crippen LogP contribution in [0.15, 0.2) is 340 Å². The molecule has 418 valence electrons. The fourth-order valence-corrected chi connectivity index (χ4v) is 15.3. The van der Waals surface area contributed by atoms with E-state index in [-0.39, 0.29) is 13.4 Å². The average Bonchev–Trinajstić information content (AvgIpc) is 0.688. The van der Waals surface area contributed by atoms with Gasteiger partial charge in [0.05, 0.1) is 11.4 Å². The van der Waals surface area contributed by atoms with Gasteiger partial charge in [0.15, 0.2) is 0 Å². The van der Waals surface area contributed by atoms with Gasteiger partial charge in [0.2, 0.25) is 0 Å². The molecule has 0 spiro atoms. The Bertz CT molecular complexity index is 4970. The van der Waals surface area contributed by atoms with Crippen molar-refractivity contribution in [3.63, 3.8) is 0 Å². The molecular formula is C84H56B2N4. The summed E-state index contributed by atoms with van der Waals surface area (Å²) in [6.07, 6.45) is 0. The Hall–Kier alpha value is -11.6. The molecule has 90 heavy (non-hydrogen) atoms. The standard InChI is InChI=1S/C84H56B2N4/c1-8-29-57(30-9-1)62-53-79-82-80(54-62)90(84-67(60-35-14-4-15-36-60)45-27-46-68(84)61-37-16-5-17-38-61)78-56-77-71(85-69-47-22-24-49-73(69)87(63-39-18-6-19-40-63)75-51-28-52-76(81(75)85)88(77)64-41-20-7-21-42-64)55-72(78)86(82)70-48-23-25-50-74(70)89(79)83-65(58-31-10-2-11-32-58)43-26-44-66(83)59-33-12-3-13-34-59/h1-56H. The summed E-state index contributed by atoms with van der Waals surface area (Å²) >= 11 is 0. The van der Waals surface area contributed by atoms with Gasteiger partial charge in [-0.1, -0.05) is 273 Å². The lowest BCUT2D eigenvalue weighted by molar-refractivity contribution is 1.23. The first kappa shape index (κ1) is 51.6. The molecule has 0 saturated heterocycles. The molecule has 0 saturated carbocycles. The van der Waals surface area contributed by atoms with E-state index in [1.165, 1.54) is 49.8 Å². The summed E-state index contributed by atoms with van der Waals surface area (Å²) in [5, 5.41) is 0. The van der Waals surface area contributed by atoms with Crippen molar-refractivity contribution in [2.24, 2.45) is 0 Å². The Morgan fingerprint density at radius 1 is 0.178 bits per heavy atom. The van der Waals surface area contributed by atoms with Crippen LogP contribution in [0, 0.1) is 0 Å². The van der Waals surface area contributed by atoms with Crippen molar-refractivity contribution in [2.75, 3.05) is 19.6 Å². The Kier molecular flexibility index (Phi) is 12.1. The average molecular weight is 1140 g/mol. The van der Waals surface area contributed by atoms with Crippen LogP contribution in [-0.2, 0) is 0 Å². The van der Waals surface area contributed by atoms with E-state index in [4.69, 9.17) is 0 Å². The van der Waals surface area contributed by atoms with Crippen LogP contribution in [0.1, 0.15) is 0 Å². The molecule has 0 aliphatic carbocycles. The molecule has 14 aromatic carbocycles. The summed E-state index contributed by atoms with van der Waals surface area (Å²) in [7, 11) is 0. The molecule has 18 rings (SSSR count). The van der Waals surface area contributed by atoms with Crippen molar-refractivity contribution in [1.82, 2.24) is 0 Å². The Balaban J connectivity index is 1.01.